The van der Waals surface area contributed by atoms with Gasteiger partial charge in [-0.2, -0.15) is 11.3 Å². The third kappa shape index (κ3) is 3.35. The minimum absolute atomic E-state index is 0.0311. The second kappa shape index (κ2) is 6.82. The van der Waals surface area contributed by atoms with Crippen LogP contribution in [0.5, 0.6) is 0 Å². The van der Waals surface area contributed by atoms with Gasteiger partial charge in [-0.1, -0.05) is 25.7 Å². The predicted octanol–water partition coefficient (Wildman–Crippen LogP) is 2.73. The summed E-state index contributed by atoms with van der Waals surface area (Å²) in [6.07, 6.45) is 8.86. The summed E-state index contributed by atoms with van der Waals surface area (Å²) in [6, 6.07) is 2.34. The molecule has 2 aliphatic rings. The molecule has 1 aromatic rings. The van der Waals surface area contributed by atoms with E-state index in [2.05, 4.69) is 27.5 Å². The highest BCUT2D eigenvalue weighted by atomic mass is 32.1. The van der Waals surface area contributed by atoms with Crippen molar-refractivity contribution in [3.05, 3.63) is 22.4 Å². The van der Waals surface area contributed by atoms with E-state index < -0.39 is 11.8 Å². The molecule has 4 nitrogen and oxygen atoms in total. The maximum atomic E-state index is 12.1. The van der Waals surface area contributed by atoms with Gasteiger partial charge >= 0.3 is 11.8 Å². The zero-order valence-electron chi connectivity index (χ0n) is 12.9. The molecule has 2 fully saturated rings. The zero-order chi connectivity index (χ0) is 15.4. The van der Waals surface area contributed by atoms with Crippen molar-refractivity contribution in [2.75, 3.05) is 6.54 Å². The Balaban J connectivity index is 1.55. The summed E-state index contributed by atoms with van der Waals surface area (Å²) in [4.78, 5) is 24.1. The van der Waals surface area contributed by atoms with Crippen molar-refractivity contribution in [1.82, 2.24) is 10.6 Å². The SMILES string of the molecule is O=C(NCC1(c2ccsc2)CCCC1)C(=O)NC1CCCC1. The quantitative estimate of drug-likeness (QED) is 0.838. The van der Waals surface area contributed by atoms with Gasteiger partial charge in [0.2, 0.25) is 0 Å². The summed E-state index contributed by atoms with van der Waals surface area (Å²) in [5.41, 5.74) is 1.34. The Morgan fingerprint density at radius 1 is 1.14 bits per heavy atom. The van der Waals surface area contributed by atoms with Crippen LogP contribution in [0.3, 0.4) is 0 Å². The molecule has 2 aliphatic carbocycles. The number of hydrogen-bond donors (Lipinski definition) is 2. The number of amides is 2. The Bertz CT molecular complexity index is 515. The second-order valence-corrected chi connectivity index (χ2v) is 7.42. The Morgan fingerprint density at radius 3 is 2.50 bits per heavy atom. The van der Waals surface area contributed by atoms with Crippen molar-refractivity contribution in [2.24, 2.45) is 0 Å². The number of hydrogen-bond acceptors (Lipinski definition) is 3. The van der Waals surface area contributed by atoms with Crippen LogP contribution in [-0.4, -0.2) is 24.4 Å². The largest absolute Gasteiger partial charge is 0.347 e. The third-order valence-corrected chi connectivity index (χ3v) is 5.86. The smallest absolute Gasteiger partial charge is 0.309 e. The highest BCUT2D eigenvalue weighted by Gasteiger charge is 2.36. The first-order chi connectivity index (χ1) is 10.7. The minimum Gasteiger partial charge on any atom is -0.347 e. The lowest BCUT2D eigenvalue weighted by Crippen LogP contribution is -2.47. The fourth-order valence-corrected chi connectivity index (χ4v) is 4.62. The van der Waals surface area contributed by atoms with Gasteiger partial charge in [0, 0.05) is 18.0 Å². The minimum atomic E-state index is -0.478. The fourth-order valence-electron chi connectivity index (χ4n) is 3.84. The molecule has 120 valence electrons. The molecule has 1 aromatic heterocycles. The summed E-state index contributed by atoms with van der Waals surface area (Å²) < 4.78 is 0. The Morgan fingerprint density at radius 2 is 1.86 bits per heavy atom. The topological polar surface area (TPSA) is 58.2 Å². The lowest BCUT2D eigenvalue weighted by Gasteiger charge is -2.28. The van der Waals surface area contributed by atoms with Gasteiger partial charge < -0.3 is 10.6 Å². The number of nitrogens with one attached hydrogen (secondary N) is 2. The maximum absolute atomic E-state index is 12.1. The number of thiophene rings is 1. The summed E-state index contributed by atoms with van der Waals surface area (Å²) >= 11 is 1.69. The van der Waals surface area contributed by atoms with Crippen molar-refractivity contribution in [2.45, 2.75) is 62.8 Å². The molecule has 1 heterocycles. The first-order valence-corrected chi connectivity index (χ1v) is 9.25. The highest BCUT2D eigenvalue weighted by molar-refractivity contribution is 7.08. The van der Waals surface area contributed by atoms with Crippen LogP contribution in [0.1, 0.15) is 56.9 Å². The van der Waals surface area contributed by atoms with Gasteiger partial charge in [-0.15, -0.1) is 0 Å². The molecule has 5 heteroatoms. The van der Waals surface area contributed by atoms with E-state index in [9.17, 15) is 9.59 Å². The van der Waals surface area contributed by atoms with Crippen molar-refractivity contribution >= 4 is 23.2 Å². The number of carbonyl (C=O) groups excluding carboxylic acids is 2. The van der Waals surface area contributed by atoms with Crippen LogP contribution in [0, 0.1) is 0 Å². The van der Waals surface area contributed by atoms with Crippen LogP contribution in [0.2, 0.25) is 0 Å². The van der Waals surface area contributed by atoms with Gasteiger partial charge in [-0.05, 0) is 48.1 Å². The molecular formula is C17H24N2O2S. The van der Waals surface area contributed by atoms with Crippen LogP contribution in [0.15, 0.2) is 16.8 Å². The molecule has 0 radical (unpaired) electrons. The highest BCUT2D eigenvalue weighted by Crippen LogP contribution is 2.41. The Labute approximate surface area is 135 Å². The van der Waals surface area contributed by atoms with Gasteiger partial charge in [0.05, 0.1) is 0 Å². The van der Waals surface area contributed by atoms with Gasteiger partial charge in [0.25, 0.3) is 0 Å². The molecule has 0 bridgehead atoms. The van der Waals surface area contributed by atoms with Crippen LogP contribution >= 0.6 is 11.3 Å². The zero-order valence-corrected chi connectivity index (χ0v) is 13.7. The summed E-state index contributed by atoms with van der Waals surface area (Å²) in [6.45, 7) is 0.570. The number of carbonyl (C=O) groups is 2. The molecule has 0 aromatic carbocycles. The standard InChI is InChI=1S/C17H24N2O2S/c20-15(16(21)19-14-5-1-2-6-14)18-12-17(8-3-4-9-17)13-7-10-22-11-13/h7,10-11,14H,1-6,8-9,12H2,(H,18,20)(H,19,21). The Hall–Kier alpha value is -1.36. The lowest BCUT2D eigenvalue weighted by molar-refractivity contribution is -0.139. The molecular weight excluding hydrogens is 296 g/mol. The fraction of sp³-hybridized carbons (Fsp3) is 0.647. The average Bonchev–Trinajstić information content (AvgIpc) is 3.25. The van der Waals surface area contributed by atoms with Crippen LogP contribution in [0.25, 0.3) is 0 Å². The molecule has 0 spiro atoms. The van der Waals surface area contributed by atoms with Gasteiger partial charge in [0.15, 0.2) is 0 Å². The molecule has 3 rings (SSSR count). The van der Waals surface area contributed by atoms with E-state index in [1.54, 1.807) is 11.3 Å². The molecule has 0 atom stereocenters. The van der Waals surface area contributed by atoms with Crippen molar-refractivity contribution < 1.29 is 9.59 Å². The van der Waals surface area contributed by atoms with Crippen LogP contribution in [0.4, 0.5) is 0 Å². The number of rotatable bonds is 4. The van der Waals surface area contributed by atoms with E-state index >= 15 is 0 Å². The molecule has 2 N–H and O–H groups in total. The predicted molar refractivity (Wildman–Crippen MR) is 87.9 cm³/mol. The monoisotopic (exact) mass is 320 g/mol. The molecule has 0 aliphatic heterocycles. The molecule has 22 heavy (non-hydrogen) atoms. The first kappa shape index (κ1) is 15.5. The molecule has 0 unspecified atom stereocenters. The summed E-state index contributed by atoms with van der Waals surface area (Å²) in [5, 5.41) is 10.00. The normalized spacial score (nSPS) is 20.9. The van der Waals surface area contributed by atoms with E-state index in [0.717, 1.165) is 38.5 Å². The third-order valence-electron chi connectivity index (χ3n) is 5.18. The Kier molecular flexibility index (Phi) is 4.81. The van der Waals surface area contributed by atoms with E-state index in [1.165, 1.54) is 18.4 Å². The van der Waals surface area contributed by atoms with Gasteiger partial charge in [-0.25, -0.2) is 0 Å². The lowest BCUT2D eigenvalue weighted by atomic mass is 9.80. The summed E-state index contributed by atoms with van der Waals surface area (Å²) in [5.74, 6) is -0.946. The van der Waals surface area contributed by atoms with Crippen molar-refractivity contribution in [3.63, 3.8) is 0 Å². The van der Waals surface area contributed by atoms with Crippen molar-refractivity contribution in [1.29, 1.82) is 0 Å². The van der Waals surface area contributed by atoms with Crippen LogP contribution < -0.4 is 10.6 Å². The second-order valence-electron chi connectivity index (χ2n) is 6.64. The van der Waals surface area contributed by atoms with E-state index in [-0.39, 0.29) is 11.5 Å². The molecule has 0 saturated heterocycles. The molecule has 2 amide bonds. The van der Waals surface area contributed by atoms with Crippen LogP contribution in [-0.2, 0) is 15.0 Å². The summed E-state index contributed by atoms with van der Waals surface area (Å²) in [7, 11) is 0. The van der Waals surface area contributed by atoms with Gasteiger partial charge in [0.1, 0.15) is 0 Å². The maximum Gasteiger partial charge on any atom is 0.309 e. The van der Waals surface area contributed by atoms with E-state index in [1.807, 2.05) is 0 Å². The molecule has 2 saturated carbocycles. The van der Waals surface area contributed by atoms with Gasteiger partial charge in [-0.3, -0.25) is 9.59 Å². The first-order valence-electron chi connectivity index (χ1n) is 8.31. The average molecular weight is 320 g/mol. The van der Waals surface area contributed by atoms with E-state index in [0.29, 0.717) is 6.54 Å². The van der Waals surface area contributed by atoms with Crippen molar-refractivity contribution in [3.8, 4) is 0 Å². The van der Waals surface area contributed by atoms with E-state index in [4.69, 9.17) is 0 Å².